The summed E-state index contributed by atoms with van der Waals surface area (Å²) in [6.07, 6.45) is -8.21. The number of nitrogens with one attached hydrogen (secondary N) is 2. The minimum atomic E-state index is -5.10. The van der Waals surface area contributed by atoms with Gasteiger partial charge in [0.2, 0.25) is 5.91 Å². The standard InChI is InChI=1S/C35H31F6N3O2/c1-21(28-12-7-9-22-8-3-4-10-29(22)28)43-32(45)15-14-27(18-24-20-42-31-13-6-5-11-30(24)31)44(2)33(46)23-16-25(34(36,37)38)19-26(17-23)35(39,40)41/h3-13,16-17,19-21,27,42H,14-15,18H2,1-2H3,(H,43,45). The summed E-state index contributed by atoms with van der Waals surface area (Å²) in [7, 11) is 1.33. The molecule has 0 aliphatic carbocycles. The first-order chi connectivity index (χ1) is 21.7. The zero-order valence-corrected chi connectivity index (χ0v) is 25.0. The van der Waals surface area contributed by atoms with E-state index in [1.165, 1.54) is 7.05 Å². The molecule has 2 atom stereocenters. The van der Waals surface area contributed by atoms with Crippen LogP contribution in [0.5, 0.6) is 0 Å². The second-order valence-corrected chi connectivity index (χ2v) is 11.3. The van der Waals surface area contributed by atoms with Gasteiger partial charge in [-0.25, -0.2) is 0 Å². The molecule has 0 bridgehead atoms. The van der Waals surface area contributed by atoms with Crippen LogP contribution in [0.1, 0.15) is 58.4 Å². The highest BCUT2D eigenvalue weighted by Crippen LogP contribution is 2.37. The van der Waals surface area contributed by atoms with Crippen molar-refractivity contribution >= 4 is 33.5 Å². The van der Waals surface area contributed by atoms with Crippen LogP contribution in [0, 0.1) is 0 Å². The molecule has 1 heterocycles. The molecule has 2 amide bonds. The van der Waals surface area contributed by atoms with E-state index in [0.29, 0.717) is 12.1 Å². The van der Waals surface area contributed by atoms with E-state index in [4.69, 9.17) is 0 Å². The predicted octanol–water partition coefficient (Wildman–Crippen LogP) is 8.70. The third-order valence-electron chi connectivity index (χ3n) is 8.21. The maximum absolute atomic E-state index is 13.6. The predicted molar refractivity (Wildman–Crippen MR) is 164 cm³/mol. The third kappa shape index (κ3) is 7.19. The van der Waals surface area contributed by atoms with Gasteiger partial charge >= 0.3 is 12.4 Å². The number of rotatable bonds is 9. The minimum absolute atomic E-state index is 0.0123. The van der Waals surface area contributed by atoms with Crippen LogP contribution in [0.15, 0.2) is 91.1 Å². The Labute approximate surface area is 261 Å². The lowest BCUT2D eigenvalue weighted by molar-refractivity contribution is -0.143. The summed E-state index contributed by atoms with van der Waals surface area (Å²) in [5.41, 5.74) is -1.38. The monoisotopic (exact) mass is 639 g/mol. The number of aromatic amines is 1. The molecule has 1 aromatic heterocycles. The van der Waals surface area contributed by atoms with Gasteiger partial charge in [-0.2, -0.15) is 26.3 Å². The van der Waals surface area contributed by atoms with Crippen molar-refractivity contribution < 1.29 is 35.9 Å². The Morgan fingerprint density at radius 3 is 2.11 bits per heavy atom. The lowest BCUT2D eigenvalue weighted by Gasteiger charge is -2.29. The number of nitrogens with zero attached hydrogens (tertiary/aromatic N) is 1. The van der Waals surface area contributed by atoms with Gasteiger partial charge < -0.3 is 15.2 Å². The number of fused-ring (bicyclic) bond motifs is 2. The maximum Gasteiger partial charge on any atom is 0.416 e. The van der Waals surface area contributed by atoms with Gasteiger partial charge in [0.05, 0.1) is 17.2 Å². The van der Waals surface area contributed by atoms with E-state index in [-0.39, 0.29) is 37.3 Å². The van der Waals surface area contributed by atoms with Crippen molar-refractivity contribution in [3.05, 3.63) is 119 Å². The van der Waals surface area contributed by atoms with Crippen molar-refractivity contribution in [2.24, 2.45) is 0 Å². The molecule has 5 aromatic rings. The van der Waals surface area contributed by atoms with E-state index in [1.54, 1.807) is 6.20 Å². The van der Waals surface area contributed by atoms with E-state index in [1.807, 2.05) is 73.7 Å². The summed E-state index contributed by atoms with van der Waals surface area (Å²) < 4.78 is 81.3. The molecule has 0 saturated heterocycles. The highest BCUT2D eigenvalue weighted by molar-refractivity contribution is 5.95. The Kier molecular flexibility index (Phi) is 9.14. The van der Waals surface area contributed by atoms with E-state index >= 15 is 0 Å². The van der Waals surface area contributed by atoms with Crippen LogP contribution >= 0.6 is 0 Å². The van der Waals surface area contributed by atoms with Crippen molar-refractivity contribution in [1.29, 1.82) is 0 Å². The van der Waals surface area contributed by atoms with Gasteiger partial charge in [0.15, 0.2) is 0 Å². The average Bonchev–Trinajstić information content (AvgIpc) is 3.43. The van der Waals surface area contributed by atoms with Crippen molar-refractivity contribution in [3.63, 3.8) is 0 Å². The van der Waals surface area contributed by atoms with Crippen LogP contribution < -0.4 is 5.32 Å². The van der Waals surface area contributed by atoms with Crippen molar-refractivity contribution in [2.75, 3.05) is 7.05 Å². The van der Waals surface area contributed by atoms with Gasteiger partial charge in [-0.1, -0.05) is 60.7 Å². The molecule has 11 heteroatoms. The van der Waals surface area contributed by atoms with Crippen LogP contribution in [0.3, 0.4) is 0 Å². The Morgan fingerprint density at radius 1 is 0.826 bits per heavy atom. The summed E-state index contributed by atoms with van der Waals surface area (Å²) in [6.45, 7) is 1.85. The Morgan fingerprint density at radius 2 is 1.43 bits per heavy atom. The summed E-state index contributed by atoms with van der Waals surface area (Å²) in [6, 6.07) is 20.7. The van der Waals surface area contributed by atoms with Crippen LogP contribution in [0.25, 0.3) is 21.7 Å². The Balaban J connectivity index is 1.40. The molecule has 0 fully saturated rings. The normalized spacial score (nSPS) is 13.5. The lowest BCUT2D eigenvalue weighted by atomic mass is 9.97. The lowest BCUT2D eigenvalue weighted by Crippen LogP contribution is -2.40. The number of H-pyrrole nitrogens is 1. The minimum Gasteiger partial charge on any atom is -0.361 e. The van der Waals surface area contributed by atoms with Crippen LogP contribution in [0.2, 0.25) is 0 Å². The Bertz CT molecular complexity index is 1840. The average molecular weight is 640 g/mol. The fourth-order valence-corrected chi connectivity index (χ4v) is 5.75. The smallest absolute Gasteiger partial charge is 0.361 e. The van der Waals surface area contributed by atoms with Gasteiger partial charge in [0.1, 0.15) is 0 Å². The molecule has 5 nitrogen and oxygen atoms in total. The first kappa shape index (κ1) is 32.6. The summed E-state index contributed by atoms with van der Waals surface area (Å²) in [5.74, 6) is -1.34. The number of benzene rings is 4. The van der Waals surface area contributed by atoms with E-state index < -0.39 is 41.0 Å². The van der Waals surface area contributed by atoms with E-state index in [2.05, 4.69) is 10.3 Å². The summed E-state index contributed by atoms with van der Waals surface area (Å²) in [5, 5.41) is 5.83. The molecule has 0 saturated carbocycles. The number of para-hydroxylation sites is 1. The van der Waals surface area contributed by atoms with Crippen molar-refractivity contribution in [3.8, 4) is 0 Å². The number of likely N-dealkylation sites (N-methyl/N-ethyl adjacent to an activating group) is 1. The maximum atomic E-state index is 13.6. The number of hydrogen-bond donors (Lipinski definition) is 2. The molecule has 0 aliphatic rings. The molecule has 46 heavy (non-hydrogen) atoms. The zero-order chi connectivity index (χ0) is 33.2. The van der Waals surface area contributed by atoms with Crippen LogP contribution in [0.4, 0.5) is 26.3 Å². The molecule has 0 spiro atoms. The number of alkyl halides is 6. The Hall–Kier alpha value is -4.80. The fraction of sp³-hybridized carbons (Fsp3) is 0.257. The number of carbonyl (C=O) groups excluding carboxylic acids is 2. The highest BCUT2D eigenvalue weighted by Gasteiger charge is 2.38. The van der Waals surface area contributed by atoms with Gasteiger partial charge in [0, 0.05) is 42.2 Å². The molecule has 240 valence electrons. The number of amides is 2. The molecule has 0 aliphatic heterocycles. The first-order valence-corrected chi connectivity index (χ1v) is 14.6. The van der Waals surface area contributed by atoms with Crippen molar-refractivity contribution in [2.45, 2.75) is 50.6 Å². The number of carbonyl (C=O) groups is 2. The molecular formula is C35H31F6N3O2. The van der Waals surface area contributed by atoms with Crippen LogP contribution in [-0.2, 0) is 23.6 Å². The molecule has 4 aromatic carbocycles. The zero-order valence-electron chi connectivity index (χ0n) is 25.0. The number of halogens is 6. The van der Waals surface area contributed by atoms with Crippen molar-refractivity contribution in [1.82, 2.24) is 15.2 Å². The number of aromatic nitrogens is 1. The van der Waals surface area contributed by atoms with Gasteiger partial charge in [-0.15, -0.1) is 0 Å². The largest absolute Gasteiger partial charge is 0.416 e. The number of hydrogen-bond acceptors (Lipinski definition) is 2. The molecule has 2 unspecified atom stereocenters. The van der Waals surface area contributed by atoms with E-state index in [0.717, 1.165) is 37.7 Å². The van der Waals surface area contributed by atoms with Crippen LogP contribution in [-0.4, -0.2) is 34.8 Å². The summed E-state index contributed by atoms with van der Waals surface area (Å²) >= 11 is 0. The SMILES string of the molecule is CC(NC(=O)CCC(Cc1c[nH]c2ccccc12)N(C)C(=O)c1cc(C(F)(F)F)cc(C(F)(F)F)c1)c1cccc2ccccc12. The van der Waals surface area contributed by atoms with Gasteiger partial charge in [-0.05, 0) is 65.9 Å². The first-order valence-electron chi connectivity index (χ1n) is 14.6. The summed E-state index contributed by atoms with van der Waals surface area (Å²) in [4.78, 5) is 31.0. The van der Waals surface area contributed by atoms with Gasteiger partial charge in [0.25, 0.3) is 5.91 Å². The second-order valence-electron chi connectivity index (χ2n) is 11.3. The topological polar surface area (TPSA) is 65.2 Å². The second kappa shape index (κ2) is 12.9. The highest BCUT2D eigenvalue weighted by atomic mass is 19.4. The molecular weight excluding hydrogens is 608 g/mol. The molecule has 2 N–H and O–H groups in total. The fourth-order valence-electron chi connectivity index (χ4n) is 5.75. The van der Waals surface area contributed by atoms with E-state index in [9.17, 15) is 35.9 Å². The molecule has 5 rings (SSSR count). The third-order valence-corrected chi connectivity index (χ3v) is 8.21. The van der Waals surface area contributed by atoms with Gasteiger partial charge in [-0.3, -0.25) is 9.59 Å². The quantitative estimate of drug-likeness (QED) is 0.159. The molecule has 0 radical (unpaired) electrons.